The highest BCUT2D eigenvalue weighted by atomic mass is 16.4. The number of hydrogen-bond acceptors (Lipinski definition) is 3. The van der Waals surface area contributed by atoms with Crippen LogP contribution in [0.4, 0.5) is 28.6 Å². The summed E-state index contributed by atoms with van der Waals surface area (Å²) in [6, 6.07) is 61.2. The standard InChI is InChI=1S/C73H73BN2O/c1-68(2,3)47-29-33-60(51(39-47)45-24-18-15-19-25-45)75-66-63-50-26-20-21-27-54(50)73(12,13)59(63)41-52-49-31-28-46(44-22-16-14-17-23-44)38-61(49)76(48-30-32-55-56(40-48)70(6,7)35-34-69(55,4)5)74(64(52)66)65-53-42-57-58(43-62(53)77-67(65)75)72(10,11)37-36-71(57,8)9/h14-33,38-43H,34-37H2,1-13H3. The van der Waals surface area contributed by atoms with Crippen LogP contribution in [0.1, 0.15) is 155 Å². The van der Waals surface area contributed by atoms with Crippen LogP contribution in [0.5, 0.6) is 0 Å². The summed E-state index contributed by atoms with van der Waals surface area (Å²) < 4.78 is 7.94. The number of rotatable bonds is 4. The quantitative estimate of drug-likeness (QED) is 0.164. The van der Waals surface area contributed by atoms with E-state index in [2.05, 4.69) is 257 Å². The van der Waals surface area contributed by atoms with Gasteiger partial charge < -0.3 is 9.23 Å². The van der Waals surface area contributed by atoms with E-state index in [4.69, 9.17) is 4.42 Å². The zero-order valence-corrected chi connectivity index (χ0v) is 47.7. The van der Waals surface area contributed by atoms with Gasteiger partial charge in [0.1, 0.15) is 5.58 Å². The average molecular weight is 1010 g/mol. The Morgan fingerprint density at radius 3 is 1.73 bits per heavy atom. The van der Waals surface area contributed by atoms with Crippen LogP contribution in [0.3, 0.4) is 0 Å². The van der Waals surface area contributed by atoms with Crippen LogP contribution in [0.15, 0.2) is 162 Å². The van der Waals surface area contributed by atoms with Gasteiger partial charge in [-0.3, -0.25) is 4.90 Å². The van der Waals surface area contributed by atoms with Crippen molar-refractivity contribution in [2.75, 3.05) is 9.71 Å². The summed E-state index contributed by atoms with van der Waals surface area (Å²) in [6.45, 7) is 31.3. The summed E-state index contributed by atoms with van der Waals surface area (Å²) in [4.78, 5) is 5.39. The molecule has 0 radical (unpaired) electrons. The Hall–Kier alpha value is -7.04. The highest BCUT2D eigenvalue weighted by Crippen LogP contribution is 2.60. The average Bonchev–Trinajstić information content (AvgIpc) is 3.94. The molecule has 0 saturated heterocycles. The molecular weight excluding hydrogens is 932 g/mol. The lowest BCUT2D eigenvalue weighted by molar-refractivity contribution is 0.332. The van der Waals surface area contributed by atoms with E-state index < -0.39 is 0 Å². The van der Waals surface area contributed by atoms with Gasteiger partial charge in [0.25, 0.3) is 0 Å². The molecule has 0 unspecified atom stereocenters. The number of furan rings is 1. The first-order chi connectivity index (χ1) is 36.5. The minimum Gasteiger partial charge on any atom is -0.440 e. The lowest BCUT2D eigenvalue weighted by Gasteiger charge is -2.47. The third kappa shape index (κ3) is 6.95. The molecule has 77 heavy (non-hydrogen) atoms. The largest absolute Gasteiger partial charge is 0.440 e. The predicted molar refractivity (Wildman–Crippen MR) is 328 cm³/mol. The second-order valence-electron chi connectivity index (χ2n) is 27.8. The molecule has 0 amide bonds. The number of anilines is 5. The lowest BCUT2D eigenvalue weighted by Crippen LogP contribution is -2.61. The van der Waals surface area contributed by atoms with Crippen molar-refractivity contribution in [2.45, 2.75) is 148 Å². The van der Waals surface area contributed by atoms with Crippen LogP contribution in [-0.4, -0.2) is 6.85 Å². The Kier molecular flexibility index (Phi) is 10.1. The molecule has 2 aliphatic heterocycles. The predicted octanol–water partition coefficient (Wildman–Crippen LogP) is 18.8. The second-order valence-corrected chi connectivity index (χ2v) is 27.8. The minimum atomic E-state index is -0.278. The van der Waals surface area contributed by atoms with E-state index in [1.807, 2.05) is 0 Å². The van der Waals surface area contributed by atoms with Crippen LogP contribution < -0.4 is 20.6 Å². The Morgan fingerprint density at radius 1 is 0.442 bits per heavy atom. The van der Waals surface area contributed by atoms with Gasteiger partial charge >= 0.3 is 6.85 Å². The van der Waals surface area contributed by atoms with E-state index in [0.29, 0.717) is 0 Å². The molecule has 3 aliphatic carbocycles. The Balaban J connectivity index is 1.19. The van der Waals surface area contributed by atoms with Crippen LogP contribution in [-0.2, 0) is 32.5 Å². The molecule has 0 N–H and O–H groups in total. The number of hydrogen-bond donors (Lipinski definition) is 0. The van der Waals surface area contributed by atoms with Crippen molar-refractivity contribution < 1.29 is 4.42 Å². The normalized spacial score (nSPS) is 18.4. The molecule has 0 saturated carbocycles. The summed E-state index contributed by atoms with van der Waals surface area (Å²) in [5.74, 6) is 0.907. The topological polar surface area (TPSA) is 19.6 Å². The van der Waals surface area contributed by atoms with E-state index in [1.54, 1.807) is 0 Å². The third-order valence-electron chi connectivity index (χ3n) is 19.8. The SMILES string of the molecule is CC(C)(C)c1ccc(N2c3oc4cc5c(cc4c3B3c4c(cc6c(c42)-c2ccccc2C6(C)C)-c2ccc(-c4ccccc4)cc2N3c2ccc3c(c2)C(C)(C)CCC3(C)C)C(C)(C)CCC5(C)C)c(-c2ccccc2)c1. The first kappa shape index (κ1) is 48.3. The fourth-order valence-electron chi connectivity index (χ4n) is 14.9. The summed E-state index contributed by atoms with van der Waals surface area (Å²) in [7, 11) is 0. The van der Waals surface area contributed by atoms with Gasteiger partial charge in [0.15, 0.2) is 0 Å². The number of fused-ring (bicyclic) bond motifs is 12. The van der Waals surface area contributed by atoms with Gasteiger partial charge in [-0.25, -0.2) is 0 Å². The lowest BCUT2D eigenvalue weighted by atomic mass is 9.43. The smallest absolute Gasteiger partial charge is 0.337 e. The van der Waals surface area contributed by atoms with Crippen LogP contribution in [0, 0.1) is 0 Å². The Bertz CT molecular complexity index is 3950. The molecule has 0 atom stereocenters. The van der Waals surface area contributed by atoms with Crippen molar-refractivity contribution >= 4 is 57.4 Å². The molecule has 1 aromatic heterocycles. The maximum absolute atomic E-state index is 7.94. The van der Waals surface area contributed by atoms with Crippen molar-refractivity contribution in [3.63, 3.8) is 0 Å². The van der Waals surface area contributed by atoms with Gasteiger partial charge in [-0.2, -0.15) is 0 Å². The van der Waals surface area contributed by atoms with Crippen molar-refractivity contribution in [1.29, 1.82) is 0 Å². The van der Waals surface area contributed by atoms with Crippen LogP contribution in [0.25, 0.3) is 55.5 Å². The molecule has 3 heterocycles. The first-order valence-electron chi connectivity index (χ1n) is 28.6. The molecule has 5 aliphatic rings. The molecule has 8 aromatic carbocycles. The van der Waals surface area contributed by atoms with Crippen molar-refractivity contribution in [1.82, 2.24) is 0 Å². The summed E-state index contributed by atoms with van der Waals surface area (Å²) in [5.41, 5.74) is 27.8. The minimum absolute atomic E-state index is 0.00505. The zero-order chi connectivity index (χ0) is 53.5. The molecule has 3 nitrogen and oxygen atoms in total. The van der Waals surface area contributed by atoms with E-state index in [1.165, 1.54) is 123 Å². The molecule has 384 valence electrons. The van der Waals surface area contributed by atoms with E-state index >= 15 is 0 Å². The zero-order valence-electron chi connectivity index (χ0n) is 47.7. The van der Waals surface area contributed by atoms with E-state index in [9.17, 15) is 0 Å². The van der Waals surface area contributed by atoms with Gasteiger partial charge in [-0.1, -0.05) is 199 Å². The maximum atomic E-state index is 7.94. The Morgan fingerprint density at radius 2 is 1.05 bits per heavy atom. The number of benzene rings is 8. The molecule has 14 rings (SSSR count). The fourth-order valence-corrected chi connectivity index (χ4v) is 14.9. The third-order valence-corrected chi connectivity index (χ3v) is 19.8. The monoisotopic (exact) mass is 1000 g/mol. The number of nitrogens with zero attached hydrogens (tertiary/aromatic N) is 2. The van der Waals surface area contributed by atoms with Gasteiger partial charge in [0, 0.05) is 44.3 Å². The van der Waals surface area contributed by atoms with Gasteiger partial charge in [-0.15, -0.1) is 0 Å². The molecule has 0 spiro atoms. The molecule has 0 fully saturated rings. The van der Waals surface area contributed by atoms with Crippen molar-refractivity contribution in [3.05, 3.63) is 197 Å². The second kappa shape index (κ2) is 16.0. The molecular formula is C73H73BN2O. The molecule has 4 heteroatoms. The highest BCUT2D eigenvalue weighted by molar-refractivity contribution is 6.95. The van der Waals surface area contributed by atoms with E-state index in [0.717, 1.165) is 36.4 Å². The maximum Gasteiger partial charge on any atom is 0.337 e. The van der Waals surface area contributed by atoms with Crippen LogP contribution >= 0.6 is 0 Å². The van der Waals surface area contributed by atoms with Gasteiger partial charge in [0.2, 0.25) is 5.88 Å². The highest BCUT2D eigenvalue weighted by Gasteiger charge is 2.53. The van der Waals surface area contributed by atoms with E-state index in [-0.39, 0.29) is 39.3 Å². The molecule has 0 bridgehead atoms. The fraction of sp³-hybridized carbons (Fsp3) is 0.315. The summed E-state index contributed by atoms with van der Waals surface area (Å²) in [6.07, 6.45) is 4.57. The van der Waals surface area contributed by atoms with Gasteiger partial charge in [0.05, 0.1) is 11.4 Å². The molecule has 9 aromatic rings. The van der Waals surface area contributed by atoms with Crippen LogP contribution in [0.2, 0.25) is 0 Å². The first-order valence-corrected chi connectivity index (χ1v) is 28.6. The van der Waals surface area contributed by atoms with Crippen molar-refractivity contribution in [3.8, 4) is 44.5 Å². The Labute approximate surface area is 458 Å². The van der Waals surface area contributed by atoms with Gasteiger partial charge in [-0.05, 0) is 174 Å². The summed E-state index contributed by atoms with van der Waals surface area (Å²) in [5, 5.41) is 1.21. The summed E-state index contributed by atoms with van der Waals surface area (Å²) >= 11 is 0. The van der Waals surface area contributed by atoms with Crippen molar-refractivity contribution in [2.24, 2.45) is 0 Å².